The van der Waals surface area contributed by atoms with Crippen LogP contribution in [0.2, 0.25) is 5.02 Å². The van der Waals surface area contributed by atoms with Gasteiger partial charge >= 0.3 is 0 Å². The predicted molar refractivity (Wildman–Crippen MR) is 76.9 cm³/mol. The van der Waals surface area contributed by atoms with Gasteiger partial charge in [0.15, 0.2) is 5.78 Å². The van der Waals surface area contributed by atoms with Gasteiger partial charge in [0.1, 0.15) is 5.78 Å². The topological polar surface area (TPSA) is 34.1 Å². The number of carbonyl (C=O) groups is 2. The molecule has 0 saturated heterocycles. The molecule has 1 aromatic carbocycles. The first kappa shape index (κ1) is 13.2. The second kappa shape index (κ2) is 4.95. The van der Waals surface area contributed by atoms with Crippen molar-refractivity contribution in [2.75, 3.05) is 0 Å². The maximum absolute atomic E-state index is 12.2. The summed E-state index contributed by atoms with van der Waals surface area (Å²) >= 11 is 8.02. The van der Waals surface area contributed by atoms with Crippen LogP contribution in [-0.4, -0.2) is 16.8 Å². The van der Waals surface area contributed by atoms with Crippen molar-refractivity contribution >= 4 is 34.9 Å². The number of benzene rings is 1. The van der Waals surface area contributed by atoms with Crippen LogP contribution in [0.15, 0.2) is 23.1 Å². The number of rotatable bonds is 5. The van der Waals surface area contributed by atoms with Crippen molar-refractivity contribution in [2.45, 2.75) is 36.3 Å². The Morgan fingerprint density at radius 1 is 1.26 bits per heavy atom. The second-order valence-corrected chi connectivity index (χ2v) is 7.14. The summed E-state index contributed by atoms with van der Waals surface area (Å²) in [5, 5.41) is 1.35. The Morgan fingerprint density at radius 3 is 2.53 bits per heavy atom. The molecule has 19 heavy (non-hydrogen) atoms. The fraction of sp³-hybridized carbons (Fsp3) is 0.467. The Kier molecular flexibility index (Phi) is 3.44. The maximum atomic E-state index is 12.2. The van der Waals surface area contributed by atoms with Crippen LogP contribution in [0.1, 0.15) is 36.5 Å². The molecule has 0 N–H and O–H groups in total. The summed E-state index contributed by atoms with van der Waals surface area (Å²) < 4.78 is 0. The van der Waals surface area contributed by atoms with E-state index in [2.05, 4.69) is 0 Å². The van der Waals surface area contributed by atoms with Gasteiger partial charge in [-0.15, -0.1) is 11.8 Å². The summed E-state index contributed by atoms with van der Waals surface area (Å²) in [5.41, 5.74) is 0.638. The molecular weight excluding hydrogens is 280 g/mol. The third kappa shape index (κ3) is 2.87. The Balaban J connectivity index is 1.73. The van der Waals surface area contributed by atoms with Gasteiger partial charge in [-0.25, -0.2) is 0 Å². The third-order valence-electron chi connectivity index (χ3n) is 3.68. The van der Waals surface area contributed by atoms with E-state index >= 15 is 0 Å². The quantitative estimate of drug-likeness (QED) is 0.770. The van der Waals surface area contributed by atoms with E-state index in [1.165, 1.54) is 12.8 Å². The normalized spacial score (nSPS) is 25.2. The summed E-state index contributed by atoms with van der Waals surface area (Å²) in [4.78, 5) is 24.5. The van der Waals surface area contributed by atoms with Gasteiger partial charge in [0.25, 0.3) is 0 Å². The highest BCUT2D eigenvalue weighted by atomic mass is 35.5. The van der Waals surface area contributed by atoms with Crippen LogP contribution in [0.4, 0.5) is 0 Å². The summed E-state index contributed by atoms with van der Waals surface area (Å²) in [5.74, 6) is -0.00211. The Hall–Kier alpha value is -0.800. The maximum Gasteiger partial charge on any atom is 0.166 e. The Morgan fingerprint density at radius 2 is 2.00 bits per heavy atom. The minimum Gasteiger partial charge on any atom is -0.300 e. The van der Waals surface area contributed by atoms with Crippen molar-refractivity contribution in [1.29, 1.82) is 0 Å². The zero-order valence-corrected chi connectivity index (χ0v) is 12.3. The molecule has 0 heterocycles. The van der Waals surface area contributed by atoms with Crippen LogP contribution in [-0.2, 0) is 4.79 Å². The van der Waals surface area contributed by atoms with Crippen molar-refractivity contribution in [3.8, 4) is 0 Å². The summed E-state index contributed by atoms with van der Waals surface area (Å²) in [7, 11) is 0. The number of Topliss-reactive ketones (excluding diaryl/α,β-unsaturated/α-hetero) is 2. The molecule has 4 heteroatoms. The molecule has 1 aromatic rings. The number of hydrogen-bond donors (Lipinski definition) is 0. The van der Waals surface area contributed by atoms with Crippen LogP contribution in [0.3, 0.4) is 0 Å². The molecule has 100 valence electrons. The van der Waals surface area contributed by atoms with Crippen molar-refractivity contribution in [3.63, 3.8) is 0 Å². The SMILES string of the molecule is CC(=O)[C@H]1C[C@@H]1C(=O)c1ccc(SC2CC2)c(Cl)c1. The minimum absolute atomic E-state index is 0.0603. The van der Waals surface area contributed by atoms with E-state index in [4.69, 9.17) is 11.6 Å². The molecule has 2 saturated carbocycles. The van der Waals surface area contributed by atoms with E-state index in [9.17, 15) is 9.59 Å². The molecule has 2 aliphatic rings. The van der Waals surface area contributed by atoms with Gasteiger partial charge in [-0.3, -0.25) is 9.59 Å². The molecule has 0 radical (unpaired) electrons. The van der Waals surface area contributed by atoms with E-state index in [0.29, 0.717) is 22.3 Å². The number of carbonyl (C=O) groups excluding carboxylic acids is 2. The summed E-state index contributed by atoms with van der Waals surface area (Å²) in [6, 6.07) is 5.53. The molecule has 2 atom stereocenters. The highest BCUT2D eigenvalue weighted by Crippen LogP contribution is 2.44. The lowest BCUT2D eigenvalue weighted by molar-refractivity contribution is -0.118. The molecule has 0 unspecified atom stereocenters. The lowest BCUT2D eigenvalue weighted by atomic mass is 10.1. The van der Waals surface area contributed by atoms with E-state index in [1.807, 2.05) is 12.1 Å². The van der Waals surface area contributed by atoms with Crippen molar-refractivity contribution < 1.29 is 9.59 Å². The zero-order valence-electron chi connectivity index (χ0n) is 10.7. The minimum atomic E-state index is -0.115. The van der Waals surface area contributed by atoms with Gasteiger partial charge < -0.3 is 0 Å². The fourth-order valence-corrected chi connectivity index (χ4v) is 3.63. The van der Waals surface area contributed by atoms with Crippen molar-refractivity contribution in [1.82, 2.24) is 0 Å². The third-order valence-corrected chi connectivity index (χ3v) is 5.52. The monoisotopic (exact) mass is 294 g/mol. The average Bonchev–Trinajstić information content (AvgIpc) is 3.24. The lowest BCUT2D eigenvalue weighted by Gasteiger charge is -2.05. The van der Waals surface area contributed by atoms with Gasteiger partial charge in [0.05, 0.1) is 5.02 Å². The fourth-order valence-electron chi connectivity index (χ4n) is 2.26. The predicted octanol–water partition coefficient (Wildman–Crippen LogP) is 4.00. The lowest BCUT2D eigenvalue weighted by Crippen LogP contribution is -2.06. The molecule has 0 amide bonds. The van der Waals surface area contributed by atoms with Crippen LogP contribution >= 0.6 is 23.4 Å². The molecule has 2 aliphatic carbocycles. The molecule has 2 nitrogen and oxygen atoms in total. The van der Waals surface area contributed by atoms with Crippen molar-refractivity contribution in [2.24, 2.45) is 11.8 Å². The van der Waals surface area contributed by atoms with E-state index in [-0.39, 0.29) is 23.4 Å². The Bertz CT molecular complexity index is 551. The summed E-state index contributed by atoms with van der Waals surface area (Å²) in [6.07, 6.45) is 3.21. The molecule has 2 fully saturated rings. The molecule has 0 aromatic heterocycles. The van der Waals surface area contributed by atoms with Gasteiger partial charge in [0.2, 0.25) is 0 Å². The van der Waals surface area contributed by atoms with Crippen LogP contribution in [0, 0.1) is 11.8 Å². The summed E-state index contributed by atoms with van der Waals surface area (Å²) in [6.45, 7) is 1.56. The first-order chi connectivity index (χ1) is 9.06. The molecule has 0 aliphatic heterocycles. The van der Waals surface area contributed by atoms with Crippen LogP contribution in [0.25, 0.3) is 0 Å². The van der Waals surface area contributed by atoms with Gasteiger partial charge in [0, 0.05) is 27.5 Å². The number of hydrogen-bond acceptors (Lipinski definition) is 3. The van der Waals surface area contributed by atoms with E-state index < -0.39 is 0 Å². The van der Waals surface area contributed by atoms with Gasteiger partial charge in [-0.2, -0.15) is 0 Å². The van der Waals surface area contributed by atoms with Crippen molar-refractivity contribution in [3.05, 3.63) is 28.8 Å². The molecule has 0 bridgehead atoms. The highest BCUT2D eigenvalue weighted by Gasteiger charge is 2.46. The first-order valence-corrected chi connectivity index (χ1v) is 7.83. The van der Waals surface area contributed by atoms with E-state index in [1.54, 1.807) is 24.8 Å². The zero-order chi connectivity index (χ0) is 13.6. The molecule has 0 spiro atoms. The van der Waals surface area contributed by atoms with Gasteiger partial charge in [-0.1, -0.05) is 17.7 Å². The Labute approximate surface area is 121 Å². The standard InChI is InChI=1S/C15H15ClO2S/c1-8(17)11-7-12(11)15(18)9-2-5-14(13(16)6-9)19-10-3-4-10/h2,5-6,10-12H,3-4,7H2,1H3/t11-,12+/m1/s1. The first-order valence-electron chi connectivity index (χ1n) is 6.57. The van der Waals surface area contributed by atoms with Gasteiger partial charge in [-0.05, 0) is 38.3 Å². The van der Waals surface area contributed by atoms with E-state index in [0.717, 1.165) is 4.90 Å². The van der Waals surface area contributed by atoms with Crippen LogP contribution < -0.4 is 0 Å². The number of ketones is 2. The second-order valence-electron chi connectivity index (χ2n) is 5.39. The molecule has 3 rings (SSSR count). The number of halogens is 1. The van der Waals surface area contributed by atoms with Crippen LogP contribution in [0.5, 0.6) is 0 Å². The number of thioether (sulfide) groups is 1. The molecular formula is C15H15ClO2S. The highest BCUT2D eigenvalue weighted by molar-refractivity contribution is 8.00. The largest absolute Gasteiger partial charge is 0.300 e. The smallest absolute Gasteiger partial charge is 0.166 e. The average molecular weight is 295 g/mol.